The van der Waals surface area contributed by atoms with Gasteiger partial charge in [0.05, 0.1) is 23.1 Å². The molecule has 0 atom stereocenters. The first-order chi connectivity index (χ1) is 9.82. The Labute approximate surface area is 139 Å². The van der Waals surface area contributed by atoms with Gasteiger partial charge in [0, 0.05) is 19.8 Å². The van der Waals surface area contributed by atoms with E-state index in [0.29, 0.717) is 34.1 Å². The van der Waals surface area contributed by atoms with Crippen molar-refractivity contribution in [2.75, 3.05) is 27.2 Å². The summed E-state index contributed by atoms with van der Waals surface area (Å²) in [5.74, 6) is 0.579. The fourth-order valence-electron chi connectivity index (χ4n) is 1.72. The van der Waals surface area contributed by atoms with Gasteiger partial charge in [-0.2, -0.15) is 12.7 Å². The first kappa shape index (κ1) is 16.9. The Kier molecular flexibility index (Phi) is 5.43. The minimum Gasteiger partial charge on any atom is -0.260 e. The summed E-state index contributed by atoms with van der Waals surface area (Å²) in [7, 11) is -0.460. The number of nitrogens with zero attached hydrogens (tertiary/aromatic N) is 3. The van der Waals surface area contributed by atoms with Crippen molar-refractivity contribution in [3.63, 3.8) is 0 Å². The molecule has 0 radical (unpaired) electrons. The third kappa shape index (κ3) is 3.84. The lowest BCUT2D eigenvalue weighted by Crippen LogP contribution is -2.41. The first-order valence-electron chi connectivity index (χ1n) is 6.13. The van der Waals surface area contributed by atoms with Crippen LogP contribution in [-0.4, -0.2) is 49.4 Å². The molecule has 1 aromatic carbocycles. The summed E-state index contributed by atoms with van der Waals surface area (Å²) >= 11 is 13.2. The van der Waals surface area contributed by atoms with E-state index in [9.17, 15) is 8.42 Å². The van der Waals surface area contributed by atoms with E-state index in [1.807, 2.05) is 6.07 Å². The van der Waals surface area contributed by atoms with Crippen molar-refractivity contribution in [3.8, 4) is 0 Å². The van der Waals surface area contributed by atoms with Gasteiger partial charge in [0.25, 0.3) is 0 Å². The molecule has 1 aliphatic heterocycles. The lowest BCUT2D eigenvalue weighted by atomic mass is 10.2. The molecule has 1 aliphatic rings. The Morgan fingerprint density at radius 3 is 2.67 bits per heavy atom. The lowest BCUT2D eigenvalue weighted by Gasteiger charge is -2.23. The number of rotatable bonds is 4. The van der Waals surface area contributed by atoms with Crippen LogP contribution in [0.4, 0.5) is 0 Å². The topological polar surface area (TPSA) is 53.0 Å². The van der Waals surface area contributed by atoms with Gasteiger partial charge in [0.2, 0.25) is 0 Å². The van der Waals surface area contributed by atoms with E-state index >= 15 is 0 Å². The number of hydrogen-bond acceptors (Lipinski definition) is 4. The summed E-state index contributed by atoms with van der Waals surface area (Å²) in [6, 6.07) is 5.36. The maximum absolute atomic E-state index is 12.2. The zero-order valence-corrected chi connectivity index (χ0v) is 14.7. The van der Waals surface area contributed by atoms with E-state index in [2.05, 4.69) is 4.99 Å². The van der Waals surface area contributed by atoms with Crippen molar-refractivity contribution in [2.24, 2.45) is 4.99 Å². The molecule has 0 saturated heterocycles. The van der Waals surface area contributed by atoms with Crippen LogP contribution >= 0.6 is 35.0 Å². The van der Waals surface area contributed by atoms with E-state index in [-0.39, 0.29) is 0 Å². The summed E-state index contributed by atoms with van der Waals surface area (Å²) in [4.78, 5) is 4.26. The number of hydrogen-bond donors (Lipinski definition) is 0. The smallest absolute Gasteiger partial charge is 0.260 e. The second kappa shape index (κ2) is 6.75. The average Bonchev–Trinajstić information content (AvgIpc) is 2.89. The summed E-state index contributed by atoms with van der Waals surface area (Å²) in [6.45, 7) is 0.862. The molecule has 9 heteroatoms. The van der Waals surface area contributed by atoms with E-state index in [1.165, 1.54) is 34.5 Å². The van der Waals surface area contributed by atoms with Gasteiger partial charge in [0.15, 0.2) is 5.17 Å². The average molecular weight is 368 g/mol. The molecule has 0 spiro atoms. The molecule has 5 nitrogen and oxygen atoms in total. The fourth-order valence-corrected chi connectivity index (χ4v) is 4.33. The Morgan fingerprint density at radius 1 is 1.33 bits per heavy atom. The van der Waals surface area contributed by atoms with Crippen molar-refractivity contribution in [2.45, 2.75) is 5.75 Å². The van der Waals surface area contributed by atoms with Gasteiger partial charge < -0.3 is 0 Å². The minimum atomic E-state index is -3.48. The molecule has 2 rings (SSSR count). The second-order valence-corrected chi connectivity index (χ2v) is 8.39. The Hall–Kier alpha value is -0.470. The quantitative estimate of drug-likeness (QED) is 0.821. The maximum Gasteiger partial charge on any atom is 0.305 e. The molecule has 0 bridgehead atoms. The van der Waals surface area contributed by atoms with E-state index < -0.39 is 10.2 Å². The molecule has 0 aromatic heterocycles. The van der Waals surface area contributed by atoms with Crippen LogP contribution in [0.5, 0.6) is 0 Å². The summed E-state index contributed by atoms with van der Waals surface area (Å²) in [6.07, 6.45) is 0. The first-order valence-corrected chi connectivity index (χ1v) is 9.27. The van der Waals surface area contributed by atoms with Crippen LogP contribution in [0.1, 0.15) is 5.56 Å². The zero-order valence-electron chi connectivity index (χ0n) is 11.6. The minimum absolute atomic E-state index is 0.379. The SMILES string of the molecule is CN(C)S(=O)(=O)N1CCN=C1SCc1ccc(Cl)c(Cl)c1. The van der Waals surface area contributed by atoms with E-state index in [0.717, 1.165) is 5.56 Å². The molecule has 0 unspecified atom stereocenters. The molecule has 1 aromatic rings. The third-order valence-corrected chi connectivity index (χ3v) is 6.63. The predicted molar refractivity (Wildman–Crippen MR) is 89.4 cm³/mol. The molecular formula is C12H15Cl2N3O2S2. The summed E-state index contributed by atoms with van der Waals surface area (Å²) in [5, 5.41) is 1.50. The molecule has 0 saturated carbocycles. The van der Waals surface area contributed by atoms with Crippen LogP contribution < -0.4 is 0 Å². The van der Waals surface area contributed by atoms with Gasteiger partial charge in [-0.15, -0.1) is 0 Å². The van der Waals surface area contributed by atoms with Crippen LogP contribution in [0.15, 0.2) is 23.2 Å². The highest BCUT2D eigenvalue weighted by molar-refractivity contribution is 8.14. The molecule has 1 heterocycles. The van der Waals surface area contributed by atoms with E-state index in [1.54, 1.807) is 12.1 Å². The van der Waals surface area contributed by atoms with Crippen molar-refractivity contribution in [1.82, 2.24) is 8.61 Å². The largest absolute Gasteiger partial charge is 0.305 e. The van der Waals surface area contributed by atoms with Gasteiger partial charge in [-0.1, -0.05) is 41.0 Å². The Bertz CT molecular complexity index is 662. The van der Waals surface area contributed by atoms with Crippen molar-refractivity contribution < 1.29 is 8.42 Å². The number of benzene rings is 1. The van der Waals surface area contributed by atoms with E-state index in [4.69, 9.17) is 23.2 Å². The maximum atomic E-state index is 12.2. The summed E-state index contributed by atoms with van der Waals surface area (Å²) in [5.41, 5.74) is 0.964. The van der Waals surface area contributed by atoms with Gasteiger partial charge in [0.1, 0.15) is 0 Å². The van der Waals surface area contributed by atoms with Crippen LogP contribution in [-0.2, 0) is 16.0 Å². The molecule has 116 valence electrons. The van der Waals surface area contributed by atoms with Crippen molar-refractivity contribution >= 4 is 50.3 Å². The van der Waals surface area contributed by atoms with Gasteiger partial charge in [-0.3, -0.25) is 4.99 Å². The molecule has 21 heavy (non-hydrogen) atoms. The molecule has 0 amide bonds. The highest BCUT2D eigenvalue weighted by atomic mass is 35.5. The number of aliphatic imine (C=N–C) groups is 1. The fraction of sp³-hybridized carbons (Fsp3) is 0.417. The van der Waals surface area contributed by atoms with Crippen molar-refractivity contribution in [3.05, 3.63) is 33.8 Å². The van der Waals surface area contributed by atoms with Crippen LogP contribution in [0.25, 0.3) is 0 Å². The molecule has 0 N–H and O–H groups in total. The van der Waals surface area contributed by atoms with Gasteiger partial charge in [-0.25, -0.2) is 4.31 Å². The summed E-state index contributed by atoms with van der Waals surface area (Å²) < 4.78 is 26.9. The van der Waals surface area contributed by atoms with Gasteiger partial charge >= 0.3 is 10.2 Å². The third-order valence-electron chi connectivity index (χ3n) is 2.86. The number of amidine groups is 1. The standard InChI is InChI=1S/C12H15Cl2N3O2S2/c1-16(2)21(18,19)17-6-5-15-12(17)20-8-9-3-4-10(13)11(14)7-9/h3-4,7H,5-6,8H2,1-2H3. The Morgan fingerprint density at radius 2 is 2.05 bits per heavy atom. The zero-order chi connectivity index (χ0) is 15.6. The van der Waals surface area contributed by atoms with Crippen LogP contribution in [0.3, 0.4) is 0 Å². The highest BCUT2D eigenvalue weighted by Gasteiger charge is 2.30. The van der Waals surface area contributed by atoms with Crippen molar-refractivity contribution in [1.29, 1.82) is 0 Å². The van der Waals surface area contributed by atoms with Crippen LogP contribution in [0, 0.1) is 0 Å². The number of thioether (sulfide) groups is 1. The molecule has 0 aliphatic carbocycles. The van der Waals surface area contributed by atoms with Crippen LogP contribution in [0.2, 0.25) is 10.0 Å². The van der Waals surface area contributed by atoms with Gasteiger partial charge in [-0.05, 0) is 17.7 Å². The second-order valence-electron chi connectivity index (χ2n) is 4.56. The molecular weight excluding hydrogens is 353 g/mol. The number of halogens is 2. The normalized spacial score (nSPS) is 15.7. The highest BCUT2D eigenvalue weighted by Crippen LogP contribution is 2.27. The molecule has 0 fully saturated rings. The Balaban J connectivity index is 2.07. The monoisotopic (exact) mass is 367 g/mol. The predicted octanol–water partition coefficient (Wildman–Crippen LogP) is 2.70. The lowest BCUT2D eigenvalue weighted by molar-refractivity contribution is 0.468.